The number of ether oxygens (including phenoxy) is 1. The van der Waals surface area contributed by atoms with Crippen LogP contribution >= 0.6 is 0 Å². The van der Waals surface area contributed by atoms with Crippen LogP contribution in [-0.2, 0) is 11.2 Å². The summed E-state index contributed by atoms with van der Waals surface area (Å²) in [5.74, 6) is -0.287. The highest BCUT2D eigenvalue weighted by molar-refractivity contribution is 5.84. The van der Waals surface area contributed by atoms with Crippen LogP contribution in [0.4, 0.5) is 0 Å². The highest BCUT2D eigenvalue weighted by Gasteiger charge is 2.11. The van der Waals surface area contributed by atoms with Crippen molar-refractivity contribution >= 4 is 16.9 Å². The zero-order valence-corrected chi connectivity index (χ0v) is 8.06. The molecule has 5 heteroatoms. The second-order valence-electron chi connectivity index (χ2n) is 3.06. The lowest BCUT2D eigenvalue weighted by molar-refractivity contribution is -0.136. The number of fused-ring (bicyclic) bond motifs is 1. The van der Waals surface area contributed by atoms with Gasteiger partial charge in [0, 0.05) is 5.39 Å². The van der Waals surface area contributed by atoms with Gasteiger partial charge in [-0.05, 0) is 18.2 Å². The van der Waals surface area contributed by atoms with Crippen molar-refractivity contribution in [1.29, 1.82) is 0 Å². The van der Waals surface area contributed by atoms with Gasteiger partial charge in [-0.25, -0.2) is 0 Å². The van der Waals surface area contributed by atoms with Crippen LogP contribution in [0.5, 0.6) is 5.75 Å². The fourth-order valence-electron chi connectivity index (χ4n) is 1.37. The van der Waals surface area contributed by atoms with E-state index >= 15 is 0 Å². The normalized spacial score (nSPS) is 10.5. The van der Waals surface area contributed by atoms with Gasteiger partial charge in [-0.1, -0.05) is 5.16 Å². The lowest BCUT2D eigenvalue weighted by Gasteiger charge is -1.97. The molecule has 0 bridgehead atoms. The number of aromatic nitrogens is 1. The molecule has 0 aliphatic heterocycles. The Morgan fingerprint density at radius 2 is 2.40 bits per heavy atom. The average molecular weight is 207 g/mol. The van der Waals surface area contributed by atoms with E-state index in [0.29, 0.717) is 22.4 Å². The van der Waals surface area contributed by atoms with Gasteiger partial charge in [-0.3, -0.25) is 4.79 Å². The van der Waals surface area contributed by atoms with Gasteiger partial charge in [0.05, 0.1) is 13.5 Å². The van der Waals surface area contributed by atoms with E-state index in [9.17, 15) is 4.79 Å². The van der Waals surface area contributed by atoms with Crippen molar-refractivity contribution in [1.82, 2.24) is 5.16 Å². The molecule has 78 valence electrons. The van der Waals surface area contributed by atoms with Gasteiger partial charge < -0.3 is 14.4 Å². The molecule has 0 unspecified atom stereocenters. The van der Waals surface area contributed by atoms with E-state index in [2.05, 4.69) is 5.16 Å². The summed E-state index contributed by atoms with van der Waals surface area (Å²) in [6.45, 7) is 0. The molecule has 0 fully saturated rings. The third kappa shape index (κ3) is 1.76. The number of nitrogens with zero attached hydrogens (tertiary/aromatic N) is 1. The van der Waals surface area contributed by atoms with Crippen LogP contribution in [0.2, 0.25) is 0 Å². The summed E-state index contributed by atoms with van der Waals surface area (Å²) in [5.41, 5.74) is 0.975. The number of carbonyl (C=O) groups is 1. The maximum Gasteiger partial charge on any atom is 0.309 e. The molecule has 0 amide bonds. The molecule has 0 aliphatic rings. The Balaban J connectivity index is 2.51. The number of rotatable bonds is 3. The van der Waals surface area contributed by atoms with Crippen molar-refractivity contribution in [2.75, 3.05) is 7.11 Å². The summed E-state index contributed by atoms with van der Waals surface area (Å²) in [4.78, 5) is 10.6. The Hall–Kier alpha value is -2.04. The first-order chi connectivity index (χ1) is 7.20. The minimum atomic E-state index is -0.937. The van der Waals surface area contributed by atoms with E-state index in [0.717, 1.165) is 0 Å². The summed E-state index contributed by atoms with van der Waals surface area (Å²) in [7, 11) is 1.55. The molecule has 0 aliphatic carbocycles. The van der Waals surface area contributed by atoms with Gasteiger partial charge in [-0.2, -0.15) is 0 Å². The zero-order chi connectivity index (χ0) is 10.8. The van der Waals surface area contributed by atoms with E-state index in [-0.39, 0.29) is 6.42 Å². The number of hydrogen-bond acceptors (Lipinski definition) is 4. The van der Waals surface area contributed by atoms with Crippen molar-refractivity contribution in [3.8, 4) is 5.75 Å². The lowest BCUT2D eigenvalue weighted by Crippen LogP contribution is -2.00. The van der Waals surface area contributed by atoms with Crippen molar-refractivity contribution in [3.05, 3.63) is 23.9 Å². The summed E-state index contributed by atoms with van der Waals surface area (Å²) in [6.07, 6.45) is -0.153. The van der Waals surface area contributed by atoms with Gasteiger partial charge in [-0.15, -0.1) is 0 Å². The van der Waals surface area contributed by atoms with E-state index in [1.54, 1.807) is 25.3 Å². The summed E-state index contributed by atoms with van der Waals surface area (Å²) in [6, 6.07) is 5.15. The van der Waals surface area contributed by atoms with Gasteiger partial charge >= 0.3 is 5.97 Å². The maximum atomic E-state index is 10.6. The molecule has 1 heterocycles. The highest BCUT2D eigenvalue weighted by Crippen LogP contribution is 2.23. The molecule has 0 atom stereocenters. The van der Waals surface area contributed by atoms with Crippen LogP contribution in [0.25, 0.3) is 11.0 Å². The summed E-state index contributed by atoms with van der Waals surface area (Å²) >= 11 is 0. The zero-order valence-electron chi connectivity index (χ0n) is 8.06. The van der Waals surface area contributed by atoms with Crippen LogP contribution in [0.1, 0.15) is 5.69 Å². The van der Waals surface area contributed by atoms with Crippen LogP contribution in [0.15, 0.2) is 22.7 Å². The predicted octanol–water partition coefficient (Wildman–Crippen LogP) is 1.46. The van der Waals surface area contributed by atoms with Crippen LogP contribution in [-0.4, -0.2) is 23.3 Å². The Morgan fingerprint density at radius 3 is 3.07 bits per heavy atom. The van der Waals surface area contributed by atoms with Gasteiger partial charge in [0.1, 0.15) is 11.4 Å². The van der Waals surface area contributed by atoms with Crippen molar-refractivity contribution < 1.29 is 19.2 Å². The van der Waals surface area contributed by atoms with Gasteiger partial charge in [0.2, 0.25) is 0 Å². The molecule has 0 spiro atoms. The highest BCUT2D eigenvalue weighted by atomic mass is 16.5. The summed E-state index contributed by atoms with van der Waals surface area (Å²) in [5, 5.41) is 13.0. The van der Waals surface area contributed by atoms with Crippen LogP contribution < -0.4 is 4.74 Å². The fraction of sp³-hybridized carbons (Fsp3) is 0.200. The summed E-state index contributed by atoms with van der Waals surface area (Å²) < 4.78 is 10.0. The SMILES string of the molecule is COc1ccc2onc(CC(=O)O)c2c1. The number of aliphatic carboxylic acids is 1. The van der Waals surface area contributed by atoms with Crippen LogP contribution in [0, 0.1) is 0 Å². The monoisotopic (exact) mass is 207 g/mol. The molecular weight excluding hydrogens is 198 g/mol. The van der Waals surface area contributed by atoms with Gasteiger partial charge in [0.25, 0.3) is 0 Å². The van der Waals surface area contributed by atoms with Gasteiger partial charge in [0.15, 0.2) is 5.58 Å². The first-order valence-corrected chi connectivity index (χ1v) is 4.35. The minimum Gasteiger partial charge on any atom is -0.497 e. The van der Waals surface area contributed by atoms with E-state index in [4.69, 9.17) is 14.4 Å². The number of carboxylic acids is 1. The smallest absolute Gasteiger partial charge is 0.309 e. The topological polar surface area (TPSA) is 72.6 Å². The molecule has 2 rings (SSSR count). The Morgan fingerprint density at radius 1 is 1.60 bits per heavy atom. The second-order valence-corrected chi connectivity index (χ2v) is 3.06. The largest absolute Gasteiger partial charge is 0.497 e. The number of carboxylic acid groups (broad SMARTS) is 1. The number of hydrogen-bond donors (Lipinski definition) is 1. The van der Waals surface area contributed by atoms with E-state index in [1.807, 2.05) is 0 Å². The van der Waals surface area contributed by atoms with Crippen LogP contribution in [0.3, 0.4) is 0 Å². The van der Waals surface area contributed by atoms with E-state index < -0.39 is 5.97 Å². The standard InChI is InChI=1S/C10H9NO4/c1-14-6-2-3-9-7(4-6)8(11-15-9)5-10(12)13/h2-4H,5H2,1H3,(H,12,13). The molecule has 2 aromatic rings. The number of methoxy groups -OCH3 is 1. The van der Waals surface area contributed by atoms with Crippen molar-refractivity contribution in [2.24, 2.45) is 0 Å². The molecule has 5 nitrogen and oxygen atoms in total. The molecule has 0 saturated carbocycles. The molecule has 1 N–H and O–H groups in total. The Bertz CT molecular complexity index is 503. The lowest BCUT2D eigenvalue weighted by atomic mass is 10.1. The average Bonchev–Trinajstić information content (AvgIpc) is 2.60. The number of benzene rings is 1. The quantitative estimate of drug-likeness (QED) is 0.824. The van der Waals surface area contributed by atoms with E-state index in [1.165, 1.54) is 0 Å². The van der Waals surface area contributed by atoms with Crippen molar-refractivity contribution in [3.63, 3.8) is 0 Å². The molecule has 1 aromatic heterocycles. The fourth-order valence-corrected chi connectivity index (χ4v) is 1.37. The minimum absolute atomic E-state index is 0.153. The molecule has 15 heavy (non-hydrogen) atoms. The first-order valence-electron chi connectivity index (χ1n) is 4.35. The molecular formula is C10H9NO4. The third-order valence-electron chi connectivity index (χ3n) is 2.07. The molecule has 1 aromatic carbocycles. The molecule has 0 radical (unpaired) electrons. The molecule has 0 saturated heterocycles. The second kappa shape index (κ2) is 3.61. The first kappa shape index (κ1) is 9.51. The van der Waals surface area contributed by atoms with Crippen molar-refractivity contribution in [2.45, 2.75) is 6.42 Å². The maximum absolute atomic E-state index is 10.6. The third-order valence-corrected chi connectivity index (χ3v) is 2.07. The Labute approximate surface area is 85.2 Å². The predicted molar refractivity (Wildman–Crippen MR) is 51.9 cm³/mol. The Kier molecular flexibility index (Phi) is 2.29.